The zero-order valence-electron chi connectivity index (χ0n) is 6.04. The molecule has 0 saturated heterocycles. The Balaban J connectivity index is -0.00000000762. The van der Waals surface area contributed by atoms with Crippen molar-refractivity contribution in [2.75, 3.05) is 28.4 Å². The van der Waals surface area contributed by atoms with E-state index in [2.05, 4.69) is 0 Å². The van der Waals surface area contributed by atoms with Gasteiger partial charge in [-0.05, 0) is 0 Å². The van der Waals surface area contributed by atoms with Crippen molar-refractivity contribution in [2.24, 2.45) is 0 Å². The number of rotatable bonds is 0. The molecule has 0 aliphatic heterocycles. The molecule has 0 unspecified atom stereocenters. The van der Waals surface area contributed by atoms with Crippen molar-refractivity contribution in [1.82, 2.24) is 0 Å². The van der Waals surface area contributed by atoms with Crippen LogP contribution in [0.1, 0.15) is 0 Å². The molecule has 0 heterocycles. The molecule has 0 atom stereocenters. The molecule has 0 N–H and O–H groups in total. The van der Waals surface area contributed by atoms with Gasteiger partial charge in [-0.2, -0.15) is 28.4 Å². The summed E-state index contributed by atoms with van der Waals surface area (Å²) in [4.78, 5) is 0. The van der Waals surface area contributed by atoms with Crippen LogP contribution in [0.3, 0.4) is 0 Å². The summed E-state index contributed by atoms with van der Waals surface area (Å²) in [6, 6.07) is 0. The first kappa shape index (κ1) is 33.8. The Labute approximate surface area is 70.4 Å². The Hall–Kier alpha value is 0.528. The first-order chi connectivity index (χ1) is 4.00. The van der Waals surface area contributed by atoms with Crippen LogP contribution in [-0.2, 0) is 21.1 Å². The fourth-order valence-electron chi connectivity index (χ4n) is 0. The molecule has 58 valence electrons. The number of hydrogen-bond donors (Lipinski definition) is 0. The molecule has 0 aliphatic rings. The molecule has 0 aromatic rings. The van der Waals surface area contributed by atoms with Gasteiger partial charge >= 0.3 is 21.1 Å². The van der Waals surface area contributed by atoms with E-state index in [-0.39, 0.29) is 21.1 Å². The second-order valence-corrected chi connectivity index (χ2v) is 0. The zero-order chi connectivity index (χ0) is 8.00. The summed E-state index contributed by atoms with van der Waals surface area (Å²) in [5.41, 5.74) is 0. The fraction of sp³-hybridized carbons (Fsp3) is 1.00. The molecule has 5 heteroatoms. The molecule has 0 bridgehead atoms. The van der Waals surface area contributed by atoms with Gasteiger partial charge in [0.1, 0.15) is 0 Å². The Kier molecular flexibility index (Phi) is 6500. The van der Waals surface area contributed by atoms with Gasteiger partial charge < -0.3 is 20.4 Å². The smallest absolute Gasteiger partial charge is 0.857 e. The van der Waals surface area contributed by atoms with Gasteiger partial charge in [0.25, 0.3) is 0 Å². The van der Waals surface area contributed by atoms with Gasteiger partial charge in [0.05, 0.1) is 0 Å². The summed E-state index contributed by atoms with van der Waals surface area (Å²) in [6.45, 7) is 0. The van der Waals surface area contributed by atoms with E-state index in [1.807, 2.05) is 0 Å². The molecular weight excluding hydrogens is 296 g/mol. The second-order valence-electron chi connectivity index (χ2n) is 0. The third kappa shape index (κ3) is 1300. The Morgan fingerprint density at radius 1 is 0.444 bits per heavy atom. The minimum absolute atomic E-state index is 0. The first-order valence-electron chi connectivity index (χ1n) is 1.63. The third-order valence-electron chi connectivity index (χ3n) is 0. The molecular formula is C4H12O4W. The topological polar surface area (TPSA) is 92.2 Å². The second kappa shape index (κ2) is 1730. The largest absolute Gasteiger partial charge is 4.00 e. The van der Waals surface area contributed by atoms with E-state index < -0.39 is 0 Å². The van der Waals surface area contributed by atoms with Crippen LogP contribution >= 0.6 is 0 Å². The van der Waals surface area contributed by atoms with Crippen molar-refractivity contribution in [1.29, 1.82) is 0 Å². The van der Waals surface area contributed by atoms with Crippen LogP contribution in [-0.4, -0.2) is 28.4 Å². The van der Waals surface area contributed by atoms with Gasteiger partial charge in [0.15, 0.2) is 0 Å². The molecule has 9 heavy (non-hydrogen) atoms. The van der Waals surface area contributed by atoms with Crippen molar-refractivity contribution in [3.8, 4) is 0 Å². The minimum Gasteiger partial charge on any atom is -0.857 e. The molecule has 0 fully saturated rings. The maximum absolute atomic E-state index is 8.25. The average Bonchev–Trinajstić information content (AvgIpc) is 2.03. The van der Waals surface area contributed by atoms with Gasteiger partial charge in [-0.25, -0.2) is 0 Å². The van der Waals surface area contributed by atoms with Gasteiger partial charge in [-0.1, -0.05) is 0 Å². The predicted molar refractivity (Wildman–Crippen MR) is 23.7 cm³/mol. The summed E-state index contributed by atoms with van der Waals surface area (Å²) in [5, 5.41) is 33.0. The van der Waals surface area contributed by atoms with Crippen LogP contribution < -0.4 is 20.4 Å². The van der Waals surface area contributed by atoms with Crippen molar-refractivity contribution in [2.45, 2.75) is 0 Å². The Morgan fingerprint density at radius 3 is 0.444 bits per heavy atom. The third-order valence-corrected chi connectivity index (χ3v) is 0. The van der Waals surface area contributed by atoms with Gasteiger partial charge in [0.2, 0.25) is 0 Å². The van der Waals surface area contributed by atoms with Crippen molar-refractivity contribution in [3.05, 3.63) is 0 Å². The summed E-state index contributed by atoms with van der Waals surface area (Å²) >= 11 is 0. The van der Waals surface area contributed by atoms with Crippen molar-refractivity contribution < 1.29 is 41.5 Å². The molecule has 0 aromatic heterocycles. The first-order valence-corrected chi connectivity index (χ1v) is 1.63. The van der Waals surface area contributed by atoms with Crippen molar-refractivity contribution in [3.63, 3.8) is 0 Å². The van der Waals surface area contributed by atoms with Gasteiger partial charge in [-0.3, -0.25) is 0 Å². The molecule has 0 rings (SSSR count). The molecule has 4 nitrogen and oxygen atoms in total. The molecule has 0 saturated carbocycles. The maximum atomic E-state index is 8.25. The van der Waals surface area contributed by atoms with Crippen LogP contribution in [0.4, 0.5) is 0 Å². The average molecular weight is 308 g/mol. The van der Waals surface area contributed by atoms with Crippen LogP contribution in [0.25, 0.3) is 0 Å². The minimum atomic E-state index is 0. The molecule has 0 amide bonds. The normalized spacial score (nSPS) is 2.67. The number of hydrogen-bond acceptors (Lipinski definition) is 4. The van der Waals surface area contributed by atoms with E-state index in [1.165, 1.54) is 0 Å². The van der Waals surface area contributed by atoms with E-state index in [0.717, 1.165) is 28.4 Å². The molecule has 0 aliphatic carbocycles. The Morgan fingerprint density at radius 2 is 0.444 bits per heavy atom. The van der Waals surface area contributed by atoms with E-state index >= 15 is 0 Å². The monoisotopic (exact) mass is 308 g/mol. The summed E-state index contributed by atoms with van der Waals surface area (Å²) < 4.78 is 0. The molecule has 0 radical (unpaired) electrons. The Bertz CT molecular complexity index is 12.5. The summed E-state index contributed by atoms with van der Waals surface area (Å²) in [6.07, 6.45) is 0. The van der Waals surface area contributed by atoms with E-state index in [4.69, 9.17) is 20.4 Å². The van der Waals surface area contributed by atoms with E-state index in [1.54, 1.807) is 0 Å². The van der Waals surface area contributed by atoms with Crippen molar-refractivity contribution >= 4 is 0 Å². The van der Waals surface area contributed by atoms with Crippen LogP contribution in [0.15, 0.2) is 0 Å². The maximum Gasteiger partial charge on any atom is 4.00 e. The molecule has 0 spiro atoms. The summed E-state index contributed by atoms with van der Waals surface area (Å²) in [7, 11) is 3.00. The fourth-order valence-corrected chi connectivity index (χ4v) is 0. The molecule has 0 aromatic carbocycles. The quantitative estimate of drug-likeness (QED) is 0.455. The SMILES string of the molecule is C[O-].C[O-].C[O-].C[O-].[W+4]. The van der Waals surface area contributed by atoms with Gasteiger partial charge in [0, 0.05) is 0 Å². The zero-order valence-corrected chi connectivity index (χ0v) is 8.97. The predicted octanol–water partition coefficient (Wildman–Crippen LogP) is -4.10. The summed E-state index contributed by atoms with van der Waals surface area (Å²) in [5.74, 6) is 0. The van der Waals surface area contributed by atoms with Crippen LogP contribution in [0.5, 0.6) is 0 Å². The van der Waals surface area contributed by atoms with E-state index in [9.17, 15) is 0 Å². The van der Waals surface area contributed by atoms with Gasteiger partial charge in [-0.15, -0.1) is 0 Å². The van der Waals surface area contributed by atoms with Crippen LogP contribution in [0, 0.1) is 0 Å². The van der Waals surface area contributed by atoms with Crippen LogP contribution in [0.2, 0.25) is 0 Å². The van der Waals surface area contributed by atoms with E-state index in [0.29, 0.717) is 0 Å². The standard InChI is InChI=1S/4CH3O.W/c4*1-2;/h4*1H3;/q4*-1;+4.